The predicted octanol–water partition coefficient (Wildman–Crippen LogP) is 1.51. The van der Waals surface area contributed by atoms with E-state index in [2.05, 4.69) is 15.2 Å². The van der Waals surface area contributed by atoms with Crippen LogP contribution < -0.4 is 5.73 Å². The first kappa shape index (κ1) is 11.4. The first-order valence-corrected chi connectivity index (χ1v) is 5.44. The number of non-ortho nitro benzene ring substituents is 1. The minimum Gasteiger partial charge on any atom is -0.447 e. The van der Waals surface area contributed by atoms with Gasteiger partial charge in [0.2, 0.25) is 5.89 Å². The molecule has 96 valence electrons. The Labute approximate surface area is 106 Å². The number of oxazole rings is 1. The Bertz CT molecular complexity index is 734. The summed E-state index contributed by atoms with van der Waals surface area (Å²) in [5.74, 6) is 0.305. The molecule has 0 radical (unpaired) electrons. The molecule has 8 nitrogen and oxygen atoms in total. The first-order chi connectivity index (χ1) is 9.16. The van der Waals surface area contributed by atoms with Gasteiger partial charge in [0.15, 0.2) is 0 Å². The highest BCUT2D eigenvalue weighted by molar-refractivity contribution is 5.84. The monoisotopic (exact) mass is 259 g/mol. The number of nitro benzene ring substituents is 1. The van der Waals surface area contributed by atoms with Crippen molar-refractivity contribution in [2.75, 3.05) is 0 Å². The number of aromatic amines is 1. The van der Waals surface area contributed by atoms with Crippen LogP contribution in [0.5, 0.6) is 0 Å². The first-order valence-electron chi connectivity index (χ1n) is 5.44. The minimum absolute atomic E-state index is 0.0187. The Balaban J connectivity index is 2.13. The van der Waals surface area contributed by atoms with Gasteiger partial charge in [0.05, 0.1) is 22.3 Å². The van der Waals surface area contributed by atoms with E-state index in [0.29, 0.717) is 22.5 Å². The second-order valence-electron chi connectivity index (χ2n) is 3.94. The Morgan fingerprint density at radius 3 is 3.00 bits per heavy atom. The maximum Gasteiger partial charge on any atom is 0.270 e. The predicted molar refractivity (Wildman–Crippen MR) is 65.3 cm³/mol. The third kappa shape index (κ3) is 1.83. The molecular formula is C11H9N5O3. The summed E-state index contributed by atoms with van der Waals surface area (Å²) in [6.45, 7) is 0. The average molecular weight is 259 g/mol. The van der Waals surface area contributed by atoms with E-state index in [0.717, 1.165) is 0 Å². The van der Waals surface area contributed by atoms with Crippen LogP contribution in [-0.2, 0) is 0 Å². The lowest BCUT2D eigenvalue weighted by atomic mass is 10.1. The molecular weight excluding hydrogens is 250 g/mol. The van der Waals surface area contributed by atoms with E-state index in [1.807, 2.05) is 0 Å². The Morgan fingerprint density at radius 2 is 2.32 bits per heavy atom. The highest BCUT2D eigenvalue weighted by Gasteiger charge is 2.20. The number of rotatable bonds is 3. The van der Waals surface area contributed by atoms with Gasteiger partial charge in [0.25, 0.3) is 5.69 Å². The maximum atomic E-state index is 10.8. The molecule has 0 spiro atoms. The Morgan fingerprint density at radius 1 is 1.47 bits per heavy atom. The van der Waals surface area contributed by atoms with E-state index in [-0.39, 0.29) is 5.69 Å². The van der Waals surface area contributed by atoms with E-state index < -0.39 is 11.0 Å². The molecule has 8 heteroatoms. The van der Waals surface area contributed by atoms with Gasteiger partial charge in [-0.3, -0.25) is 15.2 Å². The highest BCUT2D eigenvalue weighted by atomic mass is 16.6. The zero-order valence-electron chi connectivity index (χ0n) is 9.61. The van der Waals surface area contributed by atoms with Crippen molar-refractivity contribution in [1.82, 2.24) is 15.2 Å². The SMILES string of the molecule is NC(c1ncco1)c1n[nH]c2ccc([N+](=O)[O-])cc12. The largest absolute Gasteiger partial charge is 0.447 e. The number of nitrogens with one attached hydrogen (secondary N) is 1. The normalized spacial score (nSPS) is 12.7. The van der Waals surface area contributed by atoms with Crippen molar-refractivity contribution in [3.8, 4) is 0 Å². The van der Waals surface area contributed by atoms with Gasteiger partial charge in [-0.1, -0.05) is 0 Å². The lowest BCUT2D eigenvalue weighted by molar-refractivity contribution is -0.384. The second kappa shape index (κ2) is 4.18. The number of H-pyrrole nitrogens is 1. The molecule has 2 aromatic heterocycles. The molecule has 1 atom stereocenters. The van der Waals surface area contributed by atoms with Crippen molar-refractivity contribution in [1.29, 1.82) is 0 Å². The smallest absolute Gasteiger partial charge is 0.270 e. The van der Waals surface area contributed by atoms with Crippen molar-refractivity contribution in [2.24, 2.45) is 5.73 Å². The summed E-state index contributed by atoms with van der Waals surface area (Å²) >= 11 is 0. The van der Waals surface area contributed by atoms with E-state index in [1.165, 1.54) is 24.6 Å². The molecule has 3 rings (SSSR count). The number of hydrogen-bond donors (Lipinski definition) is 2. The van der Waals surface area contributed by atoms with E-state index in [4.69, 9.17) is 10.2 Å². The molecule has 3 aromatic rings. The summed E-state index contributed by atoms with van der Waals surface area (Å²) in [5.41, 5.74) is 7.10. The average Bonchev–Trinajstić information content (AvgIpc) is 3.06. The lowest BCUT2D eigenvalue weighted by Crippen LogP contribution is -2.13. The van der Waals surface area contributed by atoms with Crippen LogP contribution in [0.15, 0.2) is 35.1 Å². The van der Waals surface area contributed by atoms with Crippen LogP contribution in [0.4, 0.5) is 5.69 Å². The Kier molecular flexibility index (Phi) is 2.50. The van der Waals surface area contributed by atoms with Gasteiger partial charge < -0.3 is 10.2 Å². The molecule has 0 aliphatic heterocycles. The molecule has 2 heterocycles. The molecule has 0 bridgehead atoms. The van der Waals surface area contributed by atoms with Crippen LogP contribution in [0.1, 0.15) is 17.6 Å². The van der Waals surface area contributed by atoms with Crippen molar-refractivity contribution < 1.29 is 9.34 Å². The molecule has 1 unspecified atom stereocenters. The number of fused-ring (bicyclic) bond motifs is 1. The molecule has 0 aliphatic carbocycles. The topological polar surface area (TPSA) is 124 Å². The van der Waals surface area contributed by atoms with Crippen molar-refractivity contribution in [3.05, 3.63) is 52.4 Å². The summed E-state index contributed by atoms with van der Waals surface area (Å²) in [7, 11) is 0. The van der Waals surface area contributed by atoms with E-state index in [1.54, 1.807) is 6.07 Å². The van der Waals surface area contributed by atoms with Gasteiger partial charge >= 0.3 is 0 Å². The fraction of sp³-hybridized carbons (Fsp3) is 0.0909. The standard InChI is InChI=1S/C11H9N5O3/c12-9(11-13-3-4-19-11)10-7-5-6(16(17)18)1-2-8(7)14-15-10/h1-5,9H,12H2,(H,14,15). The van der Waals surface area contributed by atoms with Crippen LogP contribution in [0, 0.1) is 10.1 Å². The van der Waals surface area contributed by atoms with Crippen molar-refractivity contribution in [3.63, 3.8) is 0 Å². The number of benzene rings is 1. The molecule has 1 aromatic carbocycles. The van der Waals surface area contributed by atoms with E-state index in [9.17, 15) is 10.1 Å². The van der Waals surface area contributed by atoms with Gasteiger partial charge in [0, 0.05) is 17.5 Å². The van der Waals surface area contributed by atoms with Crippen LogP contribution in [0.25, 0.3) is 10.9 Å². The fourth-order valence-corrected chi connectivity index (χ4v) is 1.88. The summed E-state index contributed by atoms with van der Waals surface area (Å²) in [6, 6.07) is 3.75. The third-order valence-corrected chi connectivity index (χ3v) is 2.80. The van der Waals surface area contributed by atoms with Crippen LogP contribution in [-0.4, -0.2) is 20.1 Å². The zero-order chi connectivity index (χ0) is 13.4. The molecule has 0 aliphatic rings. The van der Waals surface area contributed by atoms with Gasteiger partial charge in [-0.25, -0.2) is 4.98 Å². The van der Waals surface area contributed by atoms with Crippen LogP contribution in [0.3, 0.4) is 0 Å². The summed E-state index contributed by atoms with van der Waals surface area (Å²) < 4.78 is 5.12. The quantitative estimate of drug-likeness (QED) is 0.542. The molecule has 0 saturated heterocycles. The van der Waals surface area contributed by atoms with Crippen LogP contribution in [0.2, 0.25) is 0 Å². The number of nitro groups is 1. The van der Waals surface area contributed by atoms with E-state index >= 15 is 0 Å². The highest BCUT2D eigenvalue weighted by Crippen LogP contribution is 2.27. The second-order valence-corrected chi connectivity index (χ2v) is 3.94. The summed E-state index contributed by atoms with van der Waals surface area (Å²) in [5, 5.41) is 18.2. The fourth-order valence-electron chi connectivity index (χ4n) is 1.88. The molecule has 3 N–H and O–H groups in total. The number of nitrogens with two attached hydrogens (primary N) is 1. The van der Waals surface area contributed by atoms with Crippen molar-refractivity contribution >= 4 is 16.6 Å². The third-order valence-electron chi connectivity index (χ3n) is 2.80. The molecule has 0 amide bonds. The number of hydrogen-bond acceptors (Lipinski definition) is 6. The number of aromatic nitrogens is 3. The van der Waals surface area contributed by atoms with Gasteiger partial charge in [0.1, 0.15) is 12.3 Å². The zero-order valence-corrected chi connectivity index (χ0v) is 9.61. The molecule has 0 fully saturated rings. The lowest BCUT2D eigenvalue weighted by Gasteiger charge is -2.04. The summed E-state index contributed by atoms with van der Waals surface area (Å²) in [4.78, 5) is 14.3. The molecule has 0 saturated carbocycles. The van der Waals surface area contributed by atoms with Crippen LogP contribution >= 0.6 is 0 Å². The minimum atomic E-state index is -0.675. The van der Waals surface area contributed by atoms with Gasteiger partial charge in [-0.05, 0) is 6.07 Å². The number of nitrogens with zero attached hydrogens (tertiary/aromatic N) is 3. The van der Waals surface area contributed by atoms with Crippen molar-refractivity contribution in [2.45, 2.75) is 6.04 Å². The Hall–Kier alpha value is -2.74. The molecule has 19 heavy (non-hydrogen) atoms. The maximum absolute atomic E-state index is 10.8. The van der Waals surface area contributed by atoms with Gasteiger partial charge in [-0.2, -0.15) is 5.10 Å². The van der Waals surface area contributed by atoms with Gasteiger partial charge in [-0.15, -0.1) is 0 Å². The summed E-state index contributed by atoms with van der Waals surface area (Å²) in [6.07, 6.45) is 2.89.